The summed E-state index contributed by atoms with van der Waals surface area (Å²) in [5, 5.41) is 0.868. The normalized spacial score (nSPS) is 17.2. The number of aromatic nitrogens is 1. The molecule has 0 saturated carbocycles. The van der Waals surface area contributed by atoms with Crippen LogP contribution in [0.2, 0.25) is 0 Å². The number of hydrogen-bond donors (Lipinski definition) is 1. The summed E-state index contributed by atoms with van der Waals surface area (Å²) >= 11 is 0. The fourth-order valence-corrected chi connectivity index (χ4v) is 5.26. The number of nitrogens with zero attached hydrogens (tertiary/aromatic N) is 1. The lowest BCUT2D eigenvalue weighted by atomic mass is 10.0. The number of ether oxygens (including phenoxy) is 2. The van der Waals surface area contributed by atoms with Crippen molar-refractivity contribution in [1.29, 1.82) is 0 Å². The Hall–Kier alpha value is -2.52. The number of aryl methyl sites for hydroxylation is 3. The fraction of sp³-hybridized carbons (Fsp3) is 0.375. The largest absolute Gasteiger partial charge is 0.376 e. The lowest BCUT2D eigenvalue weighted by Crippen LogP contribution is -2.43. The molecule has 0 aliphatic carbocycles. The fourth-order valence-electron chi connectivity index (χ4n) is 3.81. The van der Waals surface area contributed by atoms with Crippen LogP contribution in [-0.2, 0) is 26.0 Å². The SMILES string of the molecule is Cc1ccc(S(=O)(=O)N(Cc2cc3cc(C)c(C)cc3[nH]c2=O)C[C@H]2COCCO2)cc1. The number of rotatable bonds is 6. The smallest absolute Gasteiger partial charge is 0.252 e. The second-order valence-electron chi connectivity index (χ2n) is 8.33. The highest BCUT2D eigenvalue weighted by Gasteiger charge is 2.29. The van der Waals surface area contributed by atoms with E-state index in [4.69, 9.17) is 9.47 Å². The minimum Gasteiger partial charge on any atom is -0.376 e. The molecule has 2 aromatic carbocycles. The Bertz CT molecular complexity index is 1280. The highest BCUT2D eigenvalue weighted by atomic mass is 32.2. The van der Waals surface area contributed by atoms with Gasteiger partial charge in [-0.15, -0.1) is 0 Å². The summed E-state index contributed by atoms with van der Waals surface area (Å²) in [5.74, 6) is 0. The summed E-state index contributed by atoms with van der Waals surface area (Å²) in [7, 11) is -3.86. The third-order valence-electron chi connectivity index (χ3n) is 5.83. The summed E-state index contributed by atoms with van der Waals surface area (Å²) in [6.45, 7) is 7.15. The van der Waals surface area contributed by atoms with Crippen molar-refractivity contribution in [3.63, 3.8) is 0 Å². The van der Waals surface area contributed by atoms with E-state index in [0.29, 0.717) is 25.4 Å². The molecule has 8 heteroatoms. The van der Waals surface area contributed by atoms with Gasteiger partial charge in [-0.25, -0.2) is 8.42 Å². The molecule has 1 aliphatic heterocycles. The molecule has 1 fully saturated rings. The van der Waals surface area contributed by atoms with Crippen LogP contribution in [0.4, 0.5) is 0 Å². The third kappa shape index (κ3) is 4.78. The minimum atomic E-state index is -3.86. The van der Waals surface area contributed by atoms with Gasteiger partial charge in [0, 0.05) is 24.2 Å². The zero-order valence-corrected chi connectivity index (χ0v) is 19.4. The molecule has 2 heterocycles. The van der Waals surface area contributed by atoms with E-state index in [1.165, 1.54) is 4.31 Å². The number of fused-ring (bicyclic) bond motifs is 1. The van der Waals surface area contributed by atoms with E-state index in [-0.39, 0.29) is 23.5 Å². The molecule has 1 atom stereocenters. The van der Waals surface area contributed by atoms with Crippen molar-refractivity contribution >= 4 is 20.9 Å². The first kappa shape index (κ1) is 22.7. The summed E-state index contributed by atoms with van der Waals surface area (Å²) in [5.41, 5.74) is 3.97. The van der Waals surface area contributed by atoms with Gasteiger partial charge in [-0.05, 0) is 67.6 Å². The predicted molar refractivity (Wildman–Crippen MR) is 123 cm³/mol. The van der Waals surface area contributed by atoms with Crippen molar-refractivity contribution in [2.24, 2.45) is 0 Å². The van der Waals surface area contributed by atoms with Crippen molar-refractivity contribution in [3.05, 3.63) is 75.1 Å². The van der Waals surface area contributed by atoms with E-state index in [1.807, 2.05) is 32.9 Å². The van der Waals surface area contributed by atoms with Gasteiger partial charge >= 0.3 is 0 Å². The first-order chi connectivity index (χ1) is 15.2. The van der Waals surface area contributed by atoms with E-state index in [0.717, 1.165) is 27.6 Å². The molecule has 7 nitrogen and oxygen atoms in total. The van der Waals surface area contributed by atoms with Crippen LogP contribution in [0, 0.1) is 20.8 Å². The Balaban J connectivity index is 1.73. The second-order valence-corrected chi connectivity index (χ2v) is 10.3. The van der Waals surface area contributed by atoms with Gasteiger partial charge in [0.15, 0.2) is 0 Å². The lowest BCUT2D eigenvalue weighted by molar-refractivity contribution is -0.0923. The minimum absolute atomic E-state index is 0.0612. The molecule has 4 rings (SSSR count). The molecule has 0 bridgehead atoms. The second kappa shape index (κ2) is 9.15. The zero-order chi connectivity index (χ0) is 22.9. The highest BCUT2D eigenvalue weighted by molar-refractivity contribution is 7.89. The van der Waals surface area contributed by atoms with Gasteiger partial charge in [0.2, 0.25) is 10.0 Å². The third-order valence-corrected chi connectivity index (χ3v) is 7.66. The number of nitrogens with one attached hydrogen (secondary N) is 1. The number of pyridine rings is 1. The average Bonchev–Trinajstić information content (AvgIpc) is 2.76. The summed E-state index contributed by atoms with van der Waals surface area (Å²) in [6, 6.07) is 12.4. The Labute approximate surface area is 188 Å². The monoisotopic (exact) mass is 456 g/mol. The number of H-pyrrole nitrogens is 1. The van der Waals surface area contributed by atoms with Crippen molar-refractivity contribution in [1.82, 2.24) is 9.29 Å². The molecule has 0 spiro atoms. The van der Waals surface area contributed by atoms with E-state index >= 15 is 0 Å². The highest BCUT2D eigenvalue weighted by Crippen LogP contribution is 2.22. The van der Waals surface area contributed by atoms with Crippen LogP contribution in [0.5, 0.6) is 0 Å². The van der Waals surface area contributed by atoms with Crippen LogP contribution in [0.1, 0.15) is 22.3 Å². The predicted octanol–water partition coefficient (Wildman–Crippen LogP) is 3.06. The Morgan fingerprint density at radius 1 is 1.03 bits per heavy atom. The van der Waals surface area contributed by atoms with Gasteiger partial charge in [-0.2, -0.15) is 4.31 Å². The molecule has 32 heavy (non-hydrogen) atoms. The van der Waals surface area contributed by atoms with Gasteiger partial charge < -0.3 is 14.5 Å². The van der Waals surface area contributed by atoms with E-state index in [2.05, 4.69) is 4.98 Å². The molecule has 0 unspecified atom stereocenters. The van der Waals surface area contributed by atoms with Gasteiger partial charge in [0.25, 0.3) is 5.56 Å². The van der Waals surface area contributed by atoms with E-state index in [9.17, 15) is 13.2 Å². The molecule has 1 aromatic heterocycles. The average molecular weight is 457 g/mol. The molecule has 1 aliphatic rings. The maximum Gasteiger partial charge on any atom is 0.252 e. The van der Waals surface area contributed by atoms with Gasteiger partial charge in [0.05, 0.1) is 30.8 Å². The molecule has 1 N–H and O–H groups in total. The van der Waals surface area contributed by atoms with Crippen LogP contribution in [-0.4, -0.2) is 50.2 Å². The first-order valence-electron chi connectivity index (χ1n) is 10.6. The molecule has 0 amide bonds. The quantitative estimate of drug-likeness (QED) is 0.616. The van der Waals surface area contributed by atoms with Crippen molar-refractivity contribution < 1.29 is 17.9 Å². The summed E-state index contributed by atoms with van der Waals surface area (Å²) in [4.78, 5) is 15.9. The number of benzene rings is 2. The molecule has 170 valence electrons. The van der Waals surface area contributed by atoms with Crippen molar-refractivity contribution in [3.8, 4) is 0 Å². The Morgan fingerprint density at radius 2 is 1.75 bits per heavy atom. The molecule has 3 aromatic rings. The first-order valence-corrected chi connectivity index (χ1v) is 12.1. The molecular formula is C24H28N2O5S. The summed E-state index contributed by atoms with van der Waals surface area (Å²) in [6.07, 6.45) is -0.395. The number of hydrogen-bond acceptors (Lipinski definition) is 5. The van der Waals surface area contributed by atoms with Gasteiger partial charge in [-0.1, -0.05) is 17.7 Å². The molecular weight excluding hydrogens is 428 g/mol. The standard InChI is InChI=1S/C24H28N2O5S/c1-16-4-6-22(7-5-16)32(28,29)26(14-21-15-30-8-9-31-21)13-20-12-19-10-17(2)18(3)11-23(19)25-24(20)27/h4-7,10-12,21H,8-9,13-15H2,1-3H3,(H,25,27)/t21-/m0/s1. The maximum atomic E-state index is 13.5. The molecule has 0 radical (unpaired) electrons. The topological polar surface area (TPSA) is 88.7 Å². The Morgan fingerprint density at radius 3 is 2.44 bits per heavy atom. The maximum absolute atomic E-state index is 13.5. The van der Waals surface area contributed by atoms with Gasteiger partial charge in [-0.3, -0.25) is 4.79 Å². The van der Waals surface area contributed by atoms with Crippen LogP contribution in [0.3, 0.4) is 0 Å². The van der Waals surface area contributed by atoms with Crippen molar-refractivity contribution in [2.45, 2.75) is 38.3 Å². The zero-order valence-electron chi connectivity index (χ0n) is 18.6. The summed E-state index contributed by atoms with van der Waals surface area (Å²) < 4.78 is 39.5. The molecule has 1 saturated heterocycles. The van der Waals surface area contributed by atoms with Crippen LogP contribution in [0.15, 0.2) is 52.2 Å². The van der Waals surface area contributed by atoms with Crippen molar-refractivity contribution in [2.75, 3.05) is 26.4 Å². The number of sulfonamides is 1. The van der Waals surface area contributed by atoms with E-state index in [1.54, 1.807) is 30.3 Å². The van der Waals surface area contributed by atoms with Gasteiger partial charge in [0.1, 0.15) is 0 Å². The Kier molecular flexibility index (Phi) is 6.48. The number of aromatic amines is 1. The van der Waals surface area contributed by atoms with Crippen LogP contribution < -0.4 is 5.56 Å². The van der Waals surface area contributed by atoms with Crippen LogP contribution in [0.25, 0.3) is 10.9 Å². The van der Waals surface area contributed by atoms with Crippen LogP contribution >= 0.6 is 0 Å². The lowest BCUT2D eigenvalue weighted by Gasteiger charge is -2.29. The van der Waals surface area contributed by atoms with E-state index < -0.39 is 16.1 Å².